The van der Waals surface area contributed by atoms with E-state index in [2.05, 4.69) is 46.7 Å². The van der Waals surface area contributed by atoms with Crippen molar-refractivity contribution in [3.63, 3.8) is 0 Å². The number of carbonyl (C=O) groups excluding carboxylic acids is 1. The van der Waals surface area contributed by atoms with Crippen molar-refractivity contribution in [3.8, 4) is 0 Å². The predicted octanol–water partition coefficient (Wildman–Crippen LogP) is 3.41. The summed E-state index contributed by atoms with van der Waals surface area (Å²) in [4.78, 5) is 12.1. The highest BCUT2D eigenvalue weighted by Crippen LogP contribution is 2.23. The van der Waals surface area contributed by atoms with E-state index in [9.17, 15) is 4.79 Å². The van der Waals surface area contributed by atoms with E-state index >= 15 is 0 Å². The maximum Gasteiger partial charge on any atom is 0.239 e. The Balaban J connectivity index is 1.60. The molecule has 0 saturated carbocycles. The highest BCUT2D eigenvalue weighted by atomic mass is 32.2. The van der Waals surface area contributed by atoms with Crippen LogP contribution in [-0.2, 0) is 17.6 Å². The zero-order chi connectivity index (χ0) is 16.8. The first-order chi connectivity index (χ1) is 11.7. The smallest absolute Gasteiger partial charge is 0.239 e. The molecule has 0 bridgehead atoms. The van der Waals surface area contributed by atoms with E-state index in [1.54, 1.807) is 6.21 Å². The standard InChI is InChI=1S/C19H19N3OS/c1-2-14-8-10-15(11-9-14)12-17-18(23)21-19(24-17)22-20-13-16-6-4-3-5-7-16/h3-11,13,17H,2,12H2,1H3,(H,21,22,23)/b20-13-/t17-/m0/s1. The Kier molecular flexibility index (Phi) is 5.43. The third-order valence-electron chi connectivity index (χ3n) is 3.78. The number of amidine groups is 1. The number of thioether (sulfide) groups is 1. The monoisotopic (exact) mass is 337 g/mol. The number of amides is 1. The van der Waals surface area contributed by atoms with Gasteiger partial charge in [-0.3, -0.25) is 4.79 Å². The van der Waals surface area contributed by atoms with Gasteiger partial charge in [-0.25, -0.2) is 0 Å². The molecule has 1 amide bonds. The van der Waals surface area contributed by atoms with E-state index in [4.69, 9.17) is 0 Å². The van der Waals surface area contributed by atoms with Crippen LogP contribution in [-0.4, -0.2) is 22.5 Å². The summed E-state index contributed by atoms with van der Waals surface area (Å²) in [5.41, 5.74) is 3.44. The van der Waals surface area contributed by atoms with Crippen molar-refractivity contribution in [1.82, 2.24) is 5.32 Å². The minimum atomic E-state index is -0.150. The lowest BCUT2D eigenvalue weighted by molar-refractivity contribution is -0.118. The van der Waals surface area contributed by atoms with Crippen molar-refractivity contribution in [2.75, 3.05) is 0 Å². The fraction of sp³-hybridized carbons (Fsp3) is 0.211. The zero-order valence-electron chi connectivity index (χ0n) is 13.5. The summed E-state index contributed by atoms with van der Waals surface area (Å²) in [6, 6.07) is 18.2. The van der Waals surface area contributed by atoms with Crippen LogP contribution in [0, 0.1) is 0 Å². The molecule has 0 aliphatic carbocycles. The number of carbonyl (C=O) groups is 1. The van der Waals surface area contributed by atoms with Crippen molar-refractivity contribution in [3.05, 3.63) is 71.3 Å². The molecule has 1 fully saturated rings. The zero-order valence-corrected chi connectivity index (χ0v) is 14.3. The van der Waals surface area contributed by atoms with Crippen LogP contribution >= 0.6 is 11.8 Å². The van der Waals surface area contributed by atoms with Crippen LogP contribution in [0.3, 0.4) is 0 Å². The molecule has 0 unspecified atom stereocenters. The van der Waals surface area contributed by atoms with E-state index < -0.39 is 0 Å². The second kappa shape index (κ2) is 7.93. The first kappa shape index (κ1) is 16.5. The summed E-state index contributed by atoms with van der Waals surface area (Å²) in [7, 11) is 0. The van der Waals surface area contributed by atoms with E-state index in [1.807, 2.05) is 30.3 Å². The number of benzene rings is 2. The van der Waals surface area contributed by atoms with Gasteiger partial charge in [0.1, 0.15) is 0 Å². The molecule has 0 aromatic heterocycles. The average molecular weight is 337 g/mol. The van der Waals surface area contributed by atoms with Crippen molar-refractivity contribution in [1.29, 1.82) is 0 Å². The Morgan fingerprint density at radius 3 is 2.50 bits per heavy atom. The van der Waals surface area contributed by atoms with Crippen LogP contribution in [0.2, 0.25) is 0 Å². The molecule has 4 nitrogen and oxygen atoms in total. The minimum Gasteiger partial charge on any atom is -0.303 e. The van der Waals surface area contributed by atoms with Gasteiger partial charge in [-0.05, 0) is 29.5 Å². The van der Waals surface area contributed by atoms with Crippen LogP contribution in [0.4, 0.5) is 0 Å². The fourth-order valence-electron chi connectivity index (χ4n) is 2.40. The predicted molar refractivity (Wildman–Crippen MR) is 101 cm³/mol. The van der Waals surface area contributed by atoms with Crippen molar-refractivity contribution < 1.29 is 4.79 Å². The molecular formula is C19H19N3OS. The maximum atomic E-state index is 12.1. The molecule has 1 N–H and O–H groups in total. The molecule has 1 aliphatic rings. The fourth-order valence-corrected chi connectivity index (χ4v) is 3.36. The van der Waals surface area contributed by atoms with Crippen LogP contribution in [0.25, 0.3) is 0 Å². The van der Waals surface area contributed by atoms with Crippen molar-refractivity contribution in [2.24, 2.45) is 10.2 Å². The Morgan fingerprint density at radius 2 is 1.79 bits per heavy atom. The number of hydrogen-bond acceptors (Lipinski definition) is 4. The molecule has 5 heteroatoms. The van der Waals surface area contributed by atoms with E-state index in [0.29, 0.717) is 11.6 Å². The second-order valence-electron chi connectivity index (χ2n) is 5.53. The average Bonchev–Trinajstić information content (AvgIpc) is 2.96. The van der Waals surface area contributed by atoms with Gasteiger partial charge in [-0.1, -0.05) is 73.3 Å². The molecule has 3 rings (SSSR count). The molecule has 1 atom stereocenters. The number of nitrogens with one attached hydrogen (secondary N) is 1. The Labute approximate surface area is 146 Å². The van der Waals surface area contributed by atoms with Crippen LogP contribution in [0.1, 0.15) is 23.6 Å². The lowest BCUT2D eigenvalue weighted by atomic mass is 10.1. The van der Waals surface area contributed by atoms with Crippen molar-refractivity contribution >= 4 is 29.1 Å². The summed E-state index contributed by atoms with van der Waals surface area (Å²) in [5.74, 6) is -0.00627. The molecule has 0 radical (unpaired) electrons. The summed E-state index contributed by atoms with van der Waals surface area (Å²) in [6.45, 7) is 2.13. The Bertz CT molecular complexity index is 754. The van der Waals surface area contributed by atoms with Gasteiger partial charge in [-0.2, -0.15) is 5.10 Å². The molecule has 1 aliphatic heterocycles. The van der Waals surface area contributed by atoms with E-state index in [0.717, 1.165) is 17.5 Å². The molecule has 24 heavy (non-hydrogen) atoms. The third-order valence-corrected chi connectivity index (χ3v) is 4.86. The van der Waals surface area contributed by atoms with Crippen LogP contribution in [0.15, 0.2) is 64.8 Å². The van der Waals surface area contributed by atoms with Gasteiger partial charge in [0, 0.05) is 0 Å². The largest absolute Gasteiger partial charge is 0.303 e. The molecule has 122 valence electrons. The molecule has 1 saturated heterocycles. The maximum absolute atomic E-state index is 12.1. The minimum absolute atomic E-state index is 0.00627. The van der Waals surface area contributed by atoms with Gasteiger partial charge in [0.15, 0.2) is 5.17 Å². The number of aryl methyl sites for hydroxylation is 1. The summed E-state index contributed by atoms with van der Waals surface area (Å²) in [6.07, 6.45) is 3.40. The summed E-state index contributed by atoms with van der Waals surface area (Å²) >= 11 is 1.43. The second-order valence-corrected chi connectivity index (χ2v) is 6.72. The normalized spacial score (nSPS) is 19.1. The molecule has 1 heterocycles. The van der Waals surface area contributed by atoms with Gasteiger partial charge in [0.05, 0.1) is 11.5 Å². The molecular weight excluding hydrogens is 318 g/mol. The first-order valence-corrected chi connectivity index (χ1v) is 8.84. The number of nitrogens with zero attached hydrogens (tertiary/aromatic N) is 2. The molecule has 0 spiro atoms. The summed E-state index contributed by atoms with van der Waals surface area (Å²) < 4.78 is 0. The molecule has 2 aromatic carbocycles. The quantitative estimate of drug-likeness (QED) is 0.671. The van der Waals surface area contributed by atoms with Crippen molar-refractivity contribution in [2.45, 2.75) is 25.0 Å². The van der Waals surface area contributed by atoms with Gasteiger partial charge in [0.2, 0.25) is 5.91 Å². The molecule has 2 aromatic rings. The lowest BCUT2D eigenvalue weighted by Crippen LogP contribution is -2.25. The lowest BCUT2D eigenvalue weighted by Gasteiger charge is -2.06. The topological polar surface area (TPSA) is 53.8 Å². The van der Waals surface area contributed by atoms with Crippen LogP contribution < -0.4 is 5.32 Å². The number of hydrogen-bond donors (Lipinski definition) is 1. The van der Waals surface area contributed by atoms with Gasteiger partial charge >= 0.3 is 0 Å². The SMILES string of the molecule is CCc1ccc(C[C@@H]2S/C(=N/N=C\c3ccccc3)NC2=O)cc1. The van der Waals surface area contributed by atoms with E-state index in [-0.39, 0.29) is 11.2 Å². The van der Waals surface area contributed by atoms with Gasteiger partial charge < -0.3 is 5.32 Å². The Hall–Kier alpha value is -2.40. The van der Waals surface area contributed by atoms with Gasteiger partial charge in [-0.15, -0.1) is 5.10 Å². The van der Waals surface area contributed by atoms with Crippen LogP contribution in [0.5, 0.6) is 0 Å². The highest BCUT2D eigenvalue weighted by Gasteiger charge is 2.30. The van der Waals surface area contributed by atoms with E-state index in [1.165, 1.54) is 17.3 Å². The Morgan fingerprint density at radius 1 is 1.08 bits per heavy atom. The van der Waals surface area contributed by atoms with Gasteiger partial charge in [0.25, 0.3) is 0 Å². The highest BCUT2D eigenvalue weighted by molar-refractivity contribution is 8.15. The summed E-state index contributed by atoms with van der Waals surface area (Å²) in [5, 5.41) is 11.4. The number of rotatable bonds is 5. The first-order valence-electron chi connectivity index (χ1n) is 7.96. The third kappa shape index (κ3) is 4.32.